The predicted octanol–water partition coefficient (Wildman–Crippen LogP) is 3.73. The second-order valence-electron chi connectivity index (χ2n) is 7.17. The number of aromatic nitrogens is 2. The van der Waals surface area contributed by atoms with Crippen molar-refractivity contribution in [3.8, 4) is 11.8 Å². The molecule has 1 aromatic carbocycles. The van der Waals surface area contributed by atoms with Gasteiger partial charge in [-0.1, -0.05) is 25.5 Å². The van der Waals surface area contributed by atoms with Crippen molar-refractivity contribution >= 4 is 11.8 Å². The number of ether oxygens (including phenoxy) is 1. The molecule has 0 amide bonds. The van der Waals surface area contributed by atoms with E-state index in [0.717, 1.165) is 66.2 Å². The summed E-state index contributed by atoms with van der Waals surface area (Å²) >= 11 is 0. The minimum absolute atomic E-state index is 0.275. The number of nitrogens with one attached hydrogen (secondary N) is 1. The smallest absolute Gasteiger partial charge is 0.222 e. The van der Waals surface area contributed by atoms with Crippen molar-refractivity contribution in [2.75, 3.05) is 24.7 Å². The zero-order valence-corrected chi connectivity index (χ0v) is 16.3. The summed E-state index contributed by atoms with van der Waals surface area (Å²) in [6.07, 6.45) is 4.63. The summed E-state index contributed by atoms with van der Waals surface area (Å²) in [5.74, 6) is 1.86. The second-order valence-corrected chi connectivity index (χ2v) is 7.17. The lowest BCUT2D eigenvalue weighted by atomic mass is 9.93. The van der Waals surface area contributed by atoms with Crippen LogP contribution in [0.25, 0.3) is 0 Å². The molecule has 0 aliphatic heterocycles. The number of hydrogen-bond acceptors (Lipinski definition) is 6. The van der Waals surface area contributed by atoms with E-state index in [1.807, 2.05) is 19.1 Å². The molecule has 1 saturated carbocycles. The first kappa shape index (κ1) is 19.0. The number of unbranched alkanes of at least 4 members (excludes halogenated alkanes) is 1. The number of rotatable bonds is 8. The minimum Gasteiger partial charge on any atom is -0.496 e. The Morgan fingerprint density at radius 3 is 2.74 bits per heavy atom. The largest absolute Gasteiger partial charge is 0.496 e. The standard InChI is InChI=1S/C21H27N5O/c1-4-5-10-24-19-17(14(2)25-20(23)26-19)12-15-11-16(6-7-18(15)27-3)21(13-22)8-9-21/h6-7,11H,4-5,8-10,12H2,1-3H3,(H3,23,24,25,26). The topological polar surface area (TPSA) is 96.9 Å². The molecular formula is C21H27N5O. The van der Waals surface area contributed by atoms with Crippen LogP contribution in [0.2, 0.25) is 0 Å². The van der Waals surface area contributed by atoms with Crippen molar-refractivity contribution < 1.29 is 4.74 Å². The fourth-order valence-electron chi connectivity index (χ4n) is 3.35. The van der Waals surface area contributed by atoms with Gasteiger partial charge in [0.1, 0.15) is 11.6 Å². The number of anilines is 2. The summed E-state index contributed by atoms with van der Waals surface area (Å²) in [6.45, 7) is 4.95. The molecule has 3 N–H and O–H groups in total. The summed E-state index contributed by atoms with van der Waals surface area (Å²) in [4.78, 5) is 8.77. The summed E-state index contributed by atoms with van der Waals surface area (Å²) in [6, 6.07) is 8.53. The molecule has 0 unspecified atom stereocenters. The first-order chi connectivity index (χ1) is 13.0. The Bertz CT molecular complexity index is 868. The van der Waals surface area contributed by atoms with Gasteiger partial charge in [-0.3, -0.25) is 0 Å². The van der Waals surface area contributed by atoms with Crippen LogP contribution in [0.3, 0.4) is 0 Å². The highest BCUT2D eigenvalue weighted by Gasteiger charge is 2.45. The fraction of sp³-hybridized carbons (Fsp3) is 0.476. The van der Waals surface area contributed by atoms with E-state index in [-0.39, 0.29) is 11.4 Å². The Morgan fingerprint density at radius 2 is 2.11 bits per heavy atom. The molecule has 1 fully saturated rings. The van der Waals surface area contributed by atoms with Crippen LogP contribution in [0.15, 0.2) is 18.2 Å². The van der Waals surface area contributed by atoms with E-state index in [0.29, 0.717) is 6.42 Å². The lowest BCUT2D eigenvalue weighted by Crippen LogP contribution is -2.12. The molecule has 1 heterocycles. The third-order valence-corrected chi connectivity index (χ3v) is 5.22. The van der Waals surface area contributed by atoms with Crippen LogP contribution in [0.5, 0.6) is 5.75 Å². The number of benzene rings is 1. The molecule has 0 spiro atoms. The van der Waals surface area contributed by atoms with Gasteiger partial charge in [0.15, 0.2) is 0 Å². The van der Waals surface area contributed by atoms with Crippen LogP contribution in [0.1, 0.15) is 55.0 Å². The van der Waals surface area contributed by atoms with Gasteiger partial charge >= 0.3 is 0 Å². The van der Waals surface area contributed by atoms with E-state index >= 15 is 0 Å². The maximum atomic E-state index is 9.53. The molecule has 1 aliphatic rings. The van der Waals surface area contributed by atoms with Crippen molar-refractivity contribution in [2.45, 2.75) is 51.4 Å². The van der Waals surface area contributed by atoms with Crippen molar-refractivity contribution in [1.29, 1.82) is 5.26 Å². The van der Waals surface area contributed by atoms with E-state index in [2.05, 4.69) is 34.3 Å². The van der Waals surface area contributed by atoms with E-state index in [9.17, 15) is 5.26 Å². The molecular weight excluding hydrogens is 338 g/mol. The van der Waals surface area contributed by atoms with Crippen LogP contribution in [0, 0.1) is 18.3 Å². The van der Waals surface area contributed by atoms with Gasteiger partial charge in [-0.2, -0.15) is 10.2 Å². The Labute approximate surface area is 160 Å². The number of nitrogens with zero attached hydrogens (tertiary/aromatic N) is 3. The third-order valence-electron chi connectivity index (χ3n) is 5.22. The van der Waals surface area contributed by atoms with Gasteiger partial charge in [-0.15, -0.1) is 0 Å². The lowest BCUT2D eigenvalue weighted by molar-refractivity contribution is 0.410. The zero-order valence-electron chi connectivity index (χ0n) is 16.3. The normalized spacial score (nSPS) is 14.4. The van der Waals surface area contributed by atoms with Crippen LogP contribution in [-0.2, 0) is 11.8 Å². The van der Waals surface area contributed by atoms with Crippen LogP contribution in [0.4, 0.5) is 11.8 Å². The Balaban J connectivity index is 1.97. The van der Waals surface area contributed by atoms with Crippen molar-refractivity contribution in [1.82, 2.24) is 9.97 Å². The van der Waals surface area contributed by atoms with Gasteiger partial charge < -0.3 is 15.8 Å². The molecule has 3 rings (SSSR count). The Kier molecular flexibility index (Phi) is 5.50. The molecule has 6 heteroatoms. The zero-order chi connectivity index (χ0) is 19.4. The SMILES string of the molecule is CCCCNc1nc(N)nc(C)c1Cc1cc(C2(C#N)CC2)ccc1OC. The number of methoxy groups -OCH3 is 1. The summed E-state index contributed by atoms with van der Waals surface area (Å²) in [5, 5.41) is 12.9. The molecule has 0 bridgehead atoms. The average molecular weight is 365 g/mol. The molecule has 0 saturated heterocycles. The molecule has 142 valence electrons. The first-order valence-electron chi connectivity index (χ1n) is 9.48. The molecule has 0 atom stereocenters. The van der Waals surface area contributed by atoms with Crippen molar-refractivity contribution in [2.24, 2.45) is 0 Å². The summed E-state index contributed by atoms with van der Waals surface area (Å²) in [5.41, 5.74) is 9.51. The molecule has 0 radical (unpaired) electrons. The van der Waals surface area contributed by atoms with Crippen molar-refractivity contribution in [3.63, 3.8) is 0 Å². The van der Waals surface area contributed by atoms with Crippen LogP contribution >= 0.6 is 0 Å². The Morgan fingerprint density at radius 1 is 1.33 bits per heavy atom. The Hall–Kier alpha value is -2.81. The summed E-state index contributed by atoms with van der Waals surface area (Å²) in [7, 11) is 1.67. The van der Waals surface area contributed by atoms with E-state index in [4.69, 9.17) is 10.5 Å². The third kappa shape index (κ3) is 3.97. The van der Waals surface area contributed by atoms with Gasteiger partial charge in [0, 0.05) is 24.2 Å². The van der Waals surface area contributed by atoms with Gasteiger partial charge in [-0.05, 0) is 43.4 Å². The van der Waals surface area contributed by atoms with E-state index < -0.39 is 0 Å². The highest BCUT2D eigenvalue weighted by Crippen LogP contribution is 2.48. The number of nitrogens with two attached hydrogens (primary N) is 1. The molecule has 1 aromatic heterocycles. The number of hydrogen-bond donors (Lipinski definition) is 2. The van der Waals surface area contributed by atoms with Gasteiger partial charge in [0.25, 0.3) is 0 Å². The van der Waals surface area contributed by atoms with Gasteiger partial charge in [0.2, 0.25) is 5.95 Å². The molecule has 1 aliphatic carbocycles. The van der Waals surface area contributed by atoms with Crippen molar-refractivity contribution in [3.05, 3.63) is 40.6 Å². The highest BCUT2D eigenvalue weighted by atomic mass is 16.5. The monoisotopic (exact) mass is 365 g/mol. The van der Waals surface area contributed by atoms with E-state index in [1.165, 1.54) is 0 Å². The fourth-order valence-corrected chi connectivity index (χ4v) is 3.35. The maximum absolute atomic E-state index is 9.53. The first-order valence-corrected chi connectivity index (χ1v) is 9.48. The van der Waals surface area contributed by atoms with E-state index in [1.54, 1.807) is 7.11 Å². The maximum Gasteiger partial charge on any atom is 0.222 e. The van der Waals surface area contributed by atoms with Gasteiger partial charge in [-0.25, -0.2) is 4.98 Å². The van der Waals surface area contributed by atoms with Gasteiger partial charge in [0.05, 0.1) is 18.6 Å². The average Bonchev–Trinajstić information content (AvgIpc) is 3.46. The van der Waals surface area contributed by atoms with Crippen LogP contribution < -0.4 is 15.8 Å². The number of nitrogen functional groups attached to an aromatic ring is 1. The summed E-state index contributed by atoms with van der Waals surface area (Å²) < 4.78 is 5.57. The highest BCUT2D eigenvalue weighted by molar-refractivity contribution is 5.54. The van der Waals surface area contributed by atoms with Crippen LogP contribution in [-0.4, -0.2) is 23.6 Å². The number of nitriles is 1. The molecule has 6 nitrogen and oxygen atoms in total. The molecule has 27 heavy (non-hydrogen) atoms. The lowest BCUT2D eigenvalue weighted by Gasteiger charge is -2.17. The predicted molar refractivity (Wildman–Crippen MR) is 107 cm³/mol. The minimum atomic E-state index is -0.324. The number of aryl methyl sites for hydroxylation is 1. The quantitative estimate of drug-likeness (QED) is 0.692. The second kappa shape index (κ2) is 7.83. The molecule has 2 aromatic rings.